The Morgan fingerprint density at radius 3 is 2.85 bits per heavy atom. The molecule has 20 heavy (non-hydrogen) atoms. The van der Waals surface area contributed by atoms with Gasteiger partial charge in [-0.2, -0.15) is 0 Å². The summed E-state index contributed by atoms with van der Waals surface area (Å²) >= 11 is 6.13. The molecule has 1 unspecified atom stereocenters. The Morgan fingerprint density at radius 2 is 2.20 bits per heavy atom. The lowest BCUT2D eigenvalue weighted by molar-refractivity contribution is -0.139. The van der Waals surface area contributed by atoms with Gasteiger partial charge < -0.3 is 10.0 Å². The summed E-state index contributed by atoms with van der Waals surface area (Å²) in [6, 6.07) is 6.79. The number of hydrogen-bond donors (Lipinski definition) is 1. The van der Waals surface area contributed by atoms with Gasteiger partial charge in [0.05, 0.1) is 23.3 Å². The summed E-state index contributed by atoms with van der Waals surface area (Å²) in [4.78, 5) is 26.5. The third-order valence-electron chi connectivity index (χ3n) is 3.47. The zero-order valence-electron chi connectivity index (χ0n) is 11.3. The van der Waals surface area contributed by atoms with Crippen LogP contribution < -0.4 is 4.90 Å². The number of benzene rings is 1. The molecule has 6 heteroatoms. The van der Waals surface area contributed by atoms with Crippen molar-refractivity contribution in [3.05, 3.63) is 29.3 Å². The Kier molecular flexibility index (Phi) is 4.62. The third kappa shape index (κ3) is 3.11. The van der Waals surface area contributed by atoms with Crippen LogP contribution in [0.25, 0.3) is 0 Å². The molecule has 0 radical (unpaired) electrons. The molecule has 1 aromatic carbocycles. The minimum absolute atomic E-state index is 0.0897. The van der Waals surface area contributed by atoms with E-state index in [0.717, 1.165) is 6.42 Å². The number of carboxylic acid groups (broad SMARTS) is 1. The molecule has 1 atom stereocenters. The maximum Gasteiger partial charge on any atom is 0.317 e. The predicted octanol–water partition coefficient (Wildman–Crippen LogP) is 1.85. The molecule has 1 heterocycles. The molecular formula is C14H17ClN2O3. The number of likely N-dealkylation sites (N-methyl/N-ethyl adjacent to an activating group) is 1. The zero-order chi connectivity index (χ0) is 14.7. The van der Waals surface area contributed by atoms with Crippen molar-refractivity contribution in [1.29, 1.82) is 0 Å². The summed E-state index contributed by atoms with van der Waals surface area (Å²) < 4.78 is 0. The highest BCUT2D eigenvalue weighted by molar-refractivity contribution is 6.33. The van der Waals surface area contributed by atoms with Crippen LogP contribution in [-0.4, -0.2) is 48.1 Å². The Balaban J connectivity index is 2.19. The fourth-order valence-corrected chi connectivity index (χ4v) is 2.74. The molecule has 1 N–H and O–H groups in total. The lowest BCUT2D eigenvalue weighted by Gasteiger charge is -2.36. The van der Waals surface area contributed by atoms with Gasteiger partial charge in [-0.15, -0.1) is 0 Å². The average molecular weight is 297 g/mol. The van der Waals surface area contributed by atoms with Crippen molar-refractivity contribution >= 4 is 29.2 Å². The monoisotopic (exact) mass is 296 g/mol. The molecule has 108 valence electrons. The normalized spacial score (nSPS) is 19.4. The summed E-state index contributed by atoms with van der Waals surface area (Å²) in [6.45, 7) is 0.465. The Morgan fingerprint density at radius 1 is 1.50 bits per heavy atom. The van der Waals surface area contributed by atoms with E-state index in [1.54, 1.807) is 29.0 Å². The van der Waals surface area contributed by atoms with Crippen LogP contribution >= 0.6 is 11.6 Å². The second kappa shape index (κ2) is 6.24. The van der Waals surface area contributed by atoms with E-state index >= 15 is 0 Å². The summed E-state index contributed by atoms with van der Waals surface area (Å²) in [5.41, 5.74) is 0.688. The van der Waals surface area contributed by atoms with E-state index in [4.69, 9.17) is 16.7 Å². The molecule has 0 bridgehead atoms. The van der Waals surface area contributed by atoms with Crippen molar-refractivity contribution in [3.8, 4) is 0 Å². The Hall–Kier alpha value is -1.59. The molecular weight excluding hydrogens is 280 g/mol. The van der Waals surface area contributed by atoms with Crippen LogP contribution in [0.5, 0.6) is 0 Å². The summed E-state index contributed by atoms with van der Waals surface area (Å²) in [5, 5.41) is 9.37. The van der Waals surface area contributed by atoms with Gasteiger partial charge in [0.1, 0.15) is 0 Å². The first kappa shape index (κ1) is 14.8. The van der Waals surface area contributed by atoms with Gasteiger partial charge in [-0.05, 0) is 32.0 Å². The predicted molar refractivity (Wildman–Crippen MR) is 77.1 cm³/mol. The largest absolute Gasteiger partial charge is 0.480 e. The van der Waals surface area contributed by atoms with Crippen LogP contribution in [0.15, 0.2) is 24.3 Å². The second-order valence-electron chi connectivity index (χ2n) is 4.91. The van der Waals surface area contributed by atoms with Crippen LogP contribution in [0, 0.1) is 0 Å². The number of halogens is 1. The Bertz CT molecular complexity index is 521. The van der Waals surface area contributed by atoms with E-state index in [0.29, 0.717) is 23.7 Å². The number of hydrogen-bond acceptors (Lipinski definition) is 3. The summed E-state index contributed by atoms with van der Waals surface area (Å²) in [7, 11) is 1.66. The molecule has 1 amide bonds. The van der Waals surface area contributed by atoms with Crippen LogP contribution in [0.1, 0.15) is 12.8 Å². The fraction of sp³-hybridized carbons (Fsp3) is 0.429. The van der Waals surface area contributed by atoms with Gasteiger partial charge in [-0.3, -0.25) is 14.5 Å². The summed E-state index contributed by atoms with van der Waals surface area (Å²) in [6.07, 6.45) is 1.50. The van der Waals surface area contributed by atoms with Crippen molar-refractivity contribution in [2.75, 3.05) is 25.0 Å². The molecule has 5 nitrogen and oxygen atoms in total. The van der Waals surface area contributed by atoms with E-state index in [1.165, 1.54) is 0 Å². The third-order valence-corrected chi connectivity index (χ3v) is 3.79. The number of para-hydroxylation sites is 1. The molecule has 1 aliphatic rings. The van der Waals surface area contributed by atoms with Crippen LogP contribution in [0.2, 0.25) is 5.02 Å². The highest BCUT2D eigenvalue weighted by atomic mass is 35.5. The van der Waals surface area contributed by atoms with E-state index in [-0.39, 0.29) is 12.5 Å². The van der Waals surface area contributed by atoms with Gasteiger partial charge in [0.25, 0.3) is 0 Å². The van der Waals surface area contributed by atoms with E-state index in [2.05, 4.69) is 0 Å². The first-order valence-corrected chi connectivity index (χ1v) is 6.86. The van der Waals surface area contributed by atoms with E-state index in [1.807, 2.05) is 12.1 Å². The van der Waals surface area contributed by atoms with Gasteiger partial charge in [-0.1, -0.05) is 23.7 Å². The maximum absolute atomic E-state index is 12.5. The van der Waals surface area contributed by atoms with Crippen LogP contribution in [0.4, 0.5) is 5.69 Å². The minimum atomic E-state index is -0.935. The number of piperidine rings is 1. The van der Waals surface area contributed by atoms with Crippen molar-refractivity contribution in [3.63, 3.8) is 0 Å². The minimum Gasteiger partial charge on any atom is -0.480 e. The molecule has 0 aromatic heterocycles. The van der Waals surface area contributed by atoms with E-state index < -0.39 is 12.0 Å². The SMILES string of the molecule is CN(CC(=O)O)C1CCCN(c2ccccc2Cl)C1=O. The quantitative estimate of drug-likeness (QED) is 0.921. The molecule has 0 aliphatic carbocycles. The van der Waals surface area contributed by atoms with Crippen LogP contribution in [-0.2, 0) is 9.59 Å². The highest BCUT2D eigenvalue weighted by Gasteiger charge is 2.33. The van der Waals surface area contributed by atoms with Gasteiger partial charge in [-0.25, -0.2) is 0 Å². The number of carboxylic acids is 1. The smallest absolute Gasteiger partial charge is 0.317 e. The van der Waals surface area contributed by atoms with Crippen molar-refractivity contribution in [1.82, 2.24) is 4.90 Å². The molecule has 1 aromatic rings. The molecule has 1 aliphatic heterocycles. The first-order valence-electron chi connectivity index (χ1n) is 6.48. The topological polar surface area (TPSA) is 60.9 Å². The highest BCUT2D eigenvalue weighted by Crippen LogP contribution is 2.29. The lowest BCUT2D eigenvalue weighted by Crippen LogP contribution is -2.52. The second-order valence-corrected chi connectivity index (χ2v) is 5.32. The molecule has 2 rings (SSSR count). The number of carbonyl (C=O) groups excluding carboxylic acids is 1. The maximum atomic E-state index is 12.5. The molecule has 1 fully saturated rings. The van der Waals surface area contributed by atoms with Crippen molar-refractivity contribution in [2.45, 2.75) is 18.9 Å². The number of carbonyl (C=O) groups is 2. The number of nitrogens with zero attached hydrogens (tertiary/aromatic N) is 2. The number of aliphatic carboxylic acids is 1. The van der Waals surface area contributed by atoms with E-state index in [9.17, 15) is 9.59 Å². The molecule has 0 saturated carbocycles. The van der Waals surface area contributed by atoms with Crippen molar-refractivity contribution < 1.29 is 14.7 Å². The summed E-state index contributed by atoms with van der Waals surface area (Å²) in [5.74, 6) is -1.02. The standard InChI is InChI=1S/C14H17ClN2O3/c1-16(9-13(18)19)12-7-4-8-17(14(12)20)11-6-3-2-5-10(11)15/h2-3,5-6,12H,4,7-9H2,1H3,(H,18,19). The fourth-order valence-electron chi connectivity index (χ4n) is 2.50. The van der Waals surface area contributed by atoms with Gasteiger partial charge in [0.15, 0.2) is 0 Å². The molecule has 0 spiro atoms. The van der Waals surface area contributed by atoms with Gasteiger partial charge >= 0.3 is 5.97 Å². The van der Waals surface area contributed by atoms with Gasteiger partial charge in [0.2, 0.25) is 5.91 Å². The number of rotatable bonds is 4. The average Bonchev–Trinajstić information content (AvgIpc) is 2.39. The number of anilines is 1. The molecule has 1 saturated heterocycles. The van der Waals surface area contributed by atoms with Gasteiger partial charge in [0, 0.05) is 6.54 Å². The van der Waals surface area contributed by atoms with Crippen LogP contribution in [0.3, 0.4) is 0 Å². The zero-order valence-corrected chi connectivity index (χ0v) is 12.0. The first-order chi connectivity index (χ1) is 9.50. The Labute approximate surface area is 122 Å². The van der Waals surface area contributed by atoms with Crippen molar-refractivity contribution in [2.24, 2.45) is 0 Å². The lowest BCUT2D eigenvalue weighted by atomic mass is 10.0. The number of amides is 1.